The van der Waals surface area contributed by atoms with E-state index in [0.29, 0.717) is 19.3 Å². The van der Waals surface area contributed by atoms with E-state index in [1.54, 1.807) is 41.5 Å². The topological polar surface area (TPSA) is 121 Å². The molecule has 0 aliphatic heterocycles. The normalized spacial score (nSPS) is 18.0. The monoisotopic (exact) mass is 357 g/mol. The smallest absolute Gasteiger partial charge is 0.0536 e. The Kier molecular flexibility index (Phi) is 27.3. The molecule has 135 valence electrons. The second kappa shape index (κ2) is 19.7. The summed E-state index contributed by atoms with van der Waals surface area (Å²) in [6, 6.07) is 0. The van der Waals surface area contributed by atoms with Gasteiger partial charge in [0, 0.05) is 25.8 Å². The predicted octanol–water partition coefficient (Wildman–Crippen LogP) is 0.412. The van der Waals surface area contributed by atoms with E-state index >= 15 is 0 Å². The first kappa shape index (κ1) is 30.5. The molecule has 0 rings (SSSR count). The molecule has 0 saturated heterocycles. The third-order valence-corrected chi connectivity index (χ3v) is 2.05. The van der Waals surface area contributed by atoms with Gasteiger partial charge in [0.15, 0.2) is 0 Å². The molecule has 7 heteroatoms. The molecular formula is C15H36O6Sc. The van der Waals surface area contributed by atoms with Crippen LogP contribution in [-0.2, 0) is 25.8 Å². The third-order valence-electron chi connectivity index (χ3n) is 2.05. The van der Waals surface area contributed by atoms with Crippen LogP contribution in [0, 0.1) is 0 Å². The molecule has 22 heavy (non-hydrogen) atoms. The van der Waals surface area contributed by atoms with Crippen LogP contribution in [-0.4, -0.2) is 67.3 Å². The van der Waals surface area contributed by atoms with Gasteiger partial charge in [-0.2, -0.15) is 0 Å². The van der Waals surface area contributed by atoms with Crippen LogP contribution >= 0.6 is 0 Å². The van der Waals surface area contributed by atoms with Crippen LogP contribution in [0.1, 0.15) is 60.8 Å². The van der Waals surface area contributed by atoms with E-state index in [0.717, 1.165) is 0 Å². The van der Waals surface area contributed by atoms with Crippen LogP contribution in [0.3, 0.4) is 0 Å². The molecule has 0 aliphatic carbocycles. The van der Waals surface area contributed by atoms with E-state index in [9.17, 15) is 0 Å². The number of aliphatic hydroxyl groups excluding tert-OH is 6. The molecule has 0 saturated carbocycles. The molecule has 6 N–H and O–H groups in total. The Morgan fingerprint density at radius 1 is 0.409 bits per heavy atom. The average Bonchev–Trinajstić information content (AvgIpc) is 2.10. The minimum Gasteiger partial charge on any atom is -0.393 e. The second-order valence-corrected chi connectivity index (χ2v) is 5.80. The fraction of sp³-hybridized carbons (Fsp3) is 1.00. The minimum atomic E-state index is -0.375. The molecule has 0 aromatic carbocycles. The molecule has 6 unspecified atom stereocenters. The van der Waals surface area contributed by atoms with Crippen LogP contribution in [0.2, 0.25) is 0 Å². The zero-order valence-electron chi connectivity index (χ0n) is 14.8. The summed E-state index contributed by atoms with van der Waals surface area (Å²) in [6.45, 7) is 9.96. The fourth-order valence-electron chi connectivity index (χ4n) is 1.48. The first-order valence-electron chi connectivity index (χ1n) is 7.46. The number of hydrogen-bond donors (Lipinski definition) is 6. The van der Waals surface area contributed by atoms with Crippen molar-refractivity contribution in [1.82, 2.24) is 0 Å². The van der Waals surface area contributed by atoms with Crippen molar-refractivity contribution in [2.24, 2.45) is 0 Å². The molecular weight excluding hydrogens is 321 g/mol. The summed E-state index contributed by atoms with van der Waals surface area (Å²) in [5.74, 6) is 0. The Hall–Kier alpha value is 0.630. The van der Waals surface area contributed by atoms with E-state index in [1.807, 2.05) is 0 Å². The maximum atomic E-state index is 8.56. The SMILES string of the molecule is CC(O)CC(C)O.CC(O)CC(C)O.CC(O)CC(C)O.[Sc]. The molecule has 0 bridgehead atoms. The van der Waals surface area contributed by atoms with Crippen molar-refractivity contribution in [1.29, 1.82) is 0 Å². The summed E-state index contributed by atoms with van der Waals surface area (Å²) in [6.07, 6.45) is -0.833. The molecule has 0 heterocycles. The van der Waals surface area contributed by atoms with Gasteiger partial charge < -0.3 is 30.6 Å². The van der Waals surface area contributed by atoms with Crippen LogP contribution in [0.25, 0.3) is 0 Å². The molecule has 6 atom stereocenters. The van der Waals surface area contributed by atoms with Crippen molar-refractivity contribution in [3.8, 4) is 0 Å². The molecule has 0 aromatic heterocycles. The standard InChI is InChI=1S/3C5H12O2.Sc/c3*1-4(6)3-5(2)7;/h3*4-7H,3H2,1-2H3;. The van der Waals surface area contributed by atoms with Gasteiger partial charge in [-0.1, -0.05) is 0 Å². The van der Waals surface area contributed by atoms with Gasteiger partial charge in [-0.05, 0) is 60.8 Å². The van der Waals surface area contributed by atoms with Gasteiger partial charge in [-0.25, -0.2) is 0 Å². The molecule has 6 nitrogen and oxygen atoms in total. The maximum absolute atomic E-state index is 8.56. The summed E-state index contributed by atoms with van der Waals surface area (Å²) >= 11 is 0. The Morgan fingerprint density at radius 3 is 0.500 bits per heavy atom. The summed E-state index contributed by atoms with van der Waals surface area (Å²) in [7, 11) is 0. The zero-order valence-corrected chi connectivity index (χ0v) is 16.6. The van der Waals surface area contributed by atoms with Crippen LogP contribution in [0.4, 0.5) is 0 Å². The van der Waals surface area contributed by atoms with Crippen molar-refractivity contribution in [3.63, 3.8) is 0 Å². The van der Waals surface area contributed by atoms with Crippen LogP contribution < -0.4 is 0 Å². The Morgan fingerprint density at radius 2 is 0.500 bits per heavy atom. The Labute approximate surface area is 154 Å². The molecule has 1 radical (unpaired) electrons. The maximum Gasteiger partial charge on any atom is 0.0536 e. The molecule has 0 aliphatic rings. The van der Waals surface area contributed by atoms with Crippen molar-refractivity contribution in [2.45, 2.75) is 97.4 Å². The van der Waals surface area contributed by atoms with E-state index in [2.05, 4.69) is 0 Å². The van der Waals surface area contributed by atoms with E-state index in [-0.39, 0.29) is 62.5 Å². The van der Waals surface area contributed by atoms with Crippen molar-refractivity contribution >= 4 is 0 Å². The molecule has 0 aromatic rings. The largest absolute Gasteiger partial charge is 0.393 e. The number of aliphatic hydroxyl groups is 6. The van der Waals surface area contributed by atoms with Gasteiger partial charge >= 0.3 is 0 Å². The van der Waals surface area contributed by atoms with E-state index in [1.165, 1.54) is 0 Å². The minimum absolute atomic E-state index is 0. The molecule has 0 amide bonds. The van der Waals surface area contributed by atoms with Crippen molar-refractivity contribution < 1.29 is 56.5 Å². The quantitative estimate of drug-likeness (QED) is 0.410. The van der Waals surface area contributed by atoms with Crippen LogP contribution in [0.15, 0.2) is 0 Å². The predicted molar refractivity (Wildman–Crippen MR) is 83.9 cm³/mol. The summed E-state index contributed by atoms with van der Waals surface area (Å²) in [4.78, 5) is 0. The summed E-state index contributed by atoms with van der Waals surface area (Å²) in [5, 5.41) is 51.4. The zero-order chi connectivity index (χ0) is 17.6. The third kappa shape index (κ3) is 49.8. The molecule has 0 spiro atoms. The van der Waals surface area contributed by atoms with Gasteiger partial charge in [-0.3, -0.25) is 0 Å². The summed E-state index contributed by atoms with van der Waals surface area (Å²) < 4.78 is 0. The summed E-state index contributed by atoms with van der Waals surface area (Å²) in [5.41, 5.74) is 0. The van der Waals surface area contributed by atoms with Gasteiger partial charge in [0.05, 0.1) is 36.6 Å². The number of rotatable bonds is 6. The van der Waals surface area contributed by atoms with Crippen molar-refractivity contribution in [3.05, 3.63) is 0 Å². The van der Waals surface area contributed by atoms with E-state index in [4.69, 9.17) is 30.6 Å². The van der Waals surface area contributed by atoms with Crippen LogP contribution in [0.5, 0.6) is 0 Å². The van der Waals surface area contributed by atoms with Gasteiger partial charge in [0.2, 0.25) is 0 Å². The Balaban J connectivity index is -0.000000108. The Bertz CT molecular complexity index is 145. The van der Waals surface area contributed by atoms with Gasteiger partial charge in [0.1, 0.15) is 0 Å². The number of hydrogen-bond acceptors (Lipinski definition) is 6. The molecule has 0 fully saturated rings. The van der Waals surface area contributed by atoms with Crippen molar-refractivity contribution in [2.75, 3.05) is 0 Å². The fourth-order valence-corrected chi connectivity index (χ4v) is 1.48. The first-order valence-corrected chi connectivity index (χ1v) is 7.46. The van der Waals surface area contributed by atoms with Gasteiger partial charge in [0.25, 0.3) is 0 Å². The van der Waals surface area contributed by atoms with E-state index < -0.39 is 0 Å². The second-order valence-electron chi connectivity index (χ2n) is 5.80. The first-order chi connectivity index (χ1) is 9.38. The van der Waals surface area contributed by atoms with Gasteiger partial charge in [-0.15, -0.1) is 0 Å². The average molecular weight is 357 g/mol.